The zero-order chi connectivity index (χ0) is 17.4. The summed E-state index contributed by atoms with van der Waals surface area (Å²) in [6.45, 7) is 4.73. The Labute approximate surface area is 148 Å². The van der Waals surface area contributed by atoms with Gasteiger partial charge in [0.25, 0.3) is 0 Å². The van der Waals surface area contributed by atoms with Crippen molar-refractivity contribution in [2.45, 2.75) is 33.1 Å². The molecule has 3 heteroatoms. The molecule has 2 aromatic rings. The summed E-state index contributed by atoms with van der Waals surface area (Å²) < 4.78 is 11.3. The molecule has 0 saturated carbocycles. The molecule has 4 rings (SSSR count). The minimum atomic E-state index is -0.278. The van der Waals surface area contributed by atoms with Crippen molar-refractivity contribution in [2.75, 3.05) is 13.2 Å². The molecule has 0 aromatic heterocycles. The maximum atomic E-state index is 12.7. The van der Waals surface area contributed by atoms with Gasteiger partial charge in [-0.2, -0.15) is 0 Å². The summed E-state index contributed by atoms with van der Waals surface area (Å²) in [5, 5.41) is 0. The molecule has 128 valence electrons. The average Bonchev–Trinajstić information content (AvgIpc) is 2.87. The van der Waals surface area contributed by atoms with Crippen molar-refractivity contribution in [3.8, 4) is 5.75 Å². The first-order chi connectivity index (χ1) is 12.2. The van der Waals surface area contributed by atoms with Crippen LogP contribution >= 0.6 is 0 Å². The summed E-state index contributed by atoms with van der Waals surface area (Å²) in [5.74, 6) is 0.443. The van der Waals surface area contributed by atoms with Gasteiger partial charge in [-0.05, 0) is 60.9 Å². The average molecular weight is 334 g/mol. The number of esters is 1. The number of hydrogen-bond acceptors (Lipinski definition) is 3. The Morgan fingerprint density at radius 3 is 2.52 bits per heavy atom. The zero-order valence-electron chi connectivity index (χ0n) is 14.7. The predicted octanol–water partition coefficient (Wildman–Crippen LogP) is 4.16. The largest absolute Gasteiger partial charge is 0.488 e. The monoisotopic (exact) mass is 334 g/mol. The van der Waals surface area contributed by atoms with Crippen molar-refractivity contribution in [3.63, 3.8) is 0 Å². The SMILES string of the molecule is CCOC(=O)c1c(C)c2c(c3c1OCC=CC3)Cc1ccccc1C2. The fraction of sp³-hybridized carbons (Fsp3) is 0.318. The van der Waals surface area contributed by atoms with Gasteiger partial charge in [-0.1, -0.05) is 36.4 Å². The van der Waals surface area contributed by atoms with Crippen LogP contribution in [0.15, 0.2) is 36.4 Å². The second-order valence-electron chi connectivity index (χ2n) is 6.59. The maximum absolute atomic E-state index is 12.7. The second-order valence-corrected chi connectivity index (χ2v) is 6.59. The minimum Gasteiger partial charge on any atom is -0.488 e. The number of ether oxygens (including phenoxy) is 2. The van der Waals surface area contributed by atoms with Crippen molar-refractivity contribution in [1.29, 1.82) is 0 Å². The highest BCUT2D eigenvalue weighted by Crippen LogP contribution is 2.41. The van der Waals surface area contributed by atoms with E-state index in [4.69, 9.17) is 9.47 Å². The highest BCUT2D eigenvalue weighted by Gasteiger charge is 2.30. The summed E-state index contributed by atoms with van der Waals surface area (Å²) in [4.78, 5) is 12.7. The number of allylic oxidation sites excluding steroid dienone is 1. The van der Waals surface area contributed by atoms with E-state index >= 15 is 0 Å². The van der Waals surface area contributed by atoms with Crippen LogP contribution in [0.5, 0.6) is 5.75 Å². The first-order valence-corrected chi connectivity index (χ1v) is 8.89. The molecule has 0 unspecified atom stereocenters. The van der Waals surface area contributed by atoms with Crippen molar-refractivity contribution in [2.24, 2.45) is 0 Å². The van der Waals surface area contributed by atoms with Gasteiger partial charge in [-0.25, -0.2) is 4.79 Å². The third-order valence-corrected chi connectivity index (χ3v) is 5.20. The van der Waals surface area contributed by atoms with Crippen LogP contribution in [0.3, 0.4) is 0 Å². The molecule has 25 heavy (non-hydrogen) atoms. The summed E-state index contributed by atoms with van der Waals surface area (Å²) in [5.41, 5.74) is 8.06. The highest BCUT2D eigenvalue weighted by atomic mass is 16.5. The number of hydrogen-bond donors (Lipinski definition) is 0. The molecule has 0 atom stereocenters. The molecule has 0 spiro atoms. The number of benzene rings is 2. The van der Waals surface area contributed by atoms with Crippen LogP contribution in [0.1, 0.15) is 50.7 Å². The lowest BCUT2D eigenvalue weighted by Crippen LogP contribution is -2.18. The molecule has 0 N–H and O–H groups in total. The van der Waals surface area contributed by atoms with E-state index in [1.165, 1.54) is 22.3 Å². The molecule has 3 nitrogen and oxygen atoms in total. The number of carbonyl (C=O) groups excluding carboxylic acids is 1. The van der Waals surface area contributed by atoms with E-state index in [9.17, 15) is 4.79 Å². The molecule has 0 amide bonds. The Morgan fingerprint density at radius 1 is 1.08 bits per heavy atom. The van der Waals surface area contributed by atoms with E-state index in [0.717, 1.165) is 36.1 Å². The van der Waals surface area contributed by atoms with Gasteiger partial charge in [0.2, 0.25) is 0 Å². The van der Waals surface area contributed by atoms with Crippen molar-refractivity contribution in [3.05, 3.63) is 75.4 Å². The number of rotatable bonds is 2. The molecule has 1 aliphatic carbocycles. The van der Waals surface area contributed by atoms with Crippen LogP contribution in [0.25, 0.3) is 0 Å². The van der Waals surface area contributed by atoms with E-state index in [0.29, 0.717) is 18.8 Å². The zero-order valence-corrected chi connectivity index (χ0v) is 14.7. The van der Waals surface area contributed by atoms with Gasteiger partial charge >= 0.3 is 5.97 Å². The molecule has 0 bridgehead atoms. The standard InChI is InChI=1S/C22H22O3/c1-3-24-22(23)20-14(2)18-12-15-8-4-5-9-16(15)13-19(18)17-10-6-7-11-25-21(17)20/h4-9H,3,10-13H2,1-2H3. The molecule has 2 aliphatic rings. The van der Waals surface area contributed by atoms with Gasteiger partial charge in [0.05, 0.1) is 6.61 Å². The third kappa shape index (κ3) is 2.64. The van der Waals surface area contributed by atoms with Crippen molar-refractivity contribution >= 4 is 5.97 Å². The second kappa shape index (κ2) is 6.40. The topological polar surface area (TPSA) is 35.5 Å². The molecular formula is C22H22O3. The van der Waals surface area contributed by atoms with Gasteiger partial charge in [0, 0.05) is 5.56 Å². The lowest BCUT2D eigenvalue weighted by Gasteiger charge is -2.27. The third-order valence-electron chi connectivity index (χ3n) is 5.20. The van der Waals surface area contributed by atoms with Crippen LogP contribution in [-0.4, -0.2) is 19.2 Å². The molecule has 1 aliphatic heterocycles. The van der Waals surface area contributed by atoms with Gasteiger partial charge in [-0.15, -0.1) is 0 Å². The lowest BCUT2D eigenvalue weighted by atomic mass is 9.79. The summed E-state index contributed by atoms with van der Waals surface area (Å²) in [6.07, 6.45) is 6.71. The molecule has 0 fully saturated rings. The fourth-order valence-electron chi connectivity index (χ4n) is 3.98. The number of carbonyl (C=O) groups is 1. The Hall–Kier alpha value is -2.55. The minimum absolute atomic E-state index is 0.278. The van der Waals surface area contributed by atoms with Crippen LogP contribution in [0.2, 0.25) is 0 Å². The first kappa shape index (κ1) is 15.9. The molecule has 1 heterocycles. The van der Waals surface area contributed by atoms with E-state index in [-0.39, 0.29) is 5.97 Å². The molecular weight excluding hydrogens is 312 g/mol. The Kier molecular flexibility index (Phi) is 4.08. The first-order valence-electron chi connectivity index (χ1n) is 8.89. The Morgan fingerprint density at radius 2 is 1.80 bits per heavy atom. The van der Waals surface area contributed by atoms with Crippen LogP contribution < -0.4 is 4.74 Å². The van der Waals surface area contributed by atoms with E-state index < -0.39 is 0 Å². The van der Waals surface area contributed by atoms with Crippen LogP contribution in [0, 0.1) is 6.92 Å². The van der Waals surface area contributed by atoms with Crippen molar-refractivity contribution < 1.29 is 14.3 Å². The smallest absolute Gasteiger partial charge is 0.342 e. The lowest BCUT2D eigenvalue weighted by molar-refractivity contribution is 0.0521. The molecule has 2 aromatic carbocycles. The van der Waals surface area contributed by atoms with Crippen LogP contribution in [-0.2, 0) is 24.0 Å². The number of fused-ring (bicyclic) bond motifs is 4. The molecule has 0 radical (unpaired) electrons. The Bertz CT molecular complexity index is 877. The molecule has 0 saturated heterocycles. The van der Waals surface area contributed by atoms with Gasteiger partial charge < -0.3 is 9.47 Å². The Balaban J connectivity index is 1.94. The van der Waals surface area contributed by atoms with Crippen LogP contribution in [0.4, 0.5) is 0 Å². The van der Waals surface area contributed by atoms with Gasteiger partial charge in [0.15, 0.2) is 0 Å². The normalized spacial score (nSPS) is 14.6. The fourth-order valence-corrected chi connectivity index (χ4v) is 3.98. The maximum Gasteiger partial charge on any atom is 0.342 e. The van der Waals surface area contributed by atoms with Gasteiger partial charge in [0.1, 0.15) is 17.9 Å². The summed E-state index contributed by atoms with van der Waals surface area (Å²) in [7, 11) is 0. The van der Waals surface area contributed by atoms with Gasteiger partial charge in [-0.3, -0.25) is 0 Å². The summed E-state index contributed by atoms with van der Waals surface area (Å²) in [6, 6.07) is 8.57. The van der Waals surface area contributed by atoms with Crippen molar-refractivity contribution in [1.82, 2.24) is 0 Å². The quantitative estimate of drug-likeness (QED) is 0.521. The highest BCUT2D eigenvalue weighted by molar-refractivity contribution is 5.96. The van der Waals surface area contributed by atoms with E-state index in [1.807, 2.05) is 19.9 Å². The van der Waals surface area contributed by atoms with E-state index in [1.54, 1.807) is 0 Å². The predicted molar refractivity (Wildman–Crippen MR) is 97.5 cm³/mol. The summed E-state index contributed by atoms with van der Waals surface area (Å²) >= 11 is 0. The van der Waals surface area contributed by atoms with E-state index in [2.05, 4.69) is 30.3 Å².